The van der Waals surface area contributed by atoms with Crippen LogP contribution in [-0.4, -0.2) is 34.7 Å². The Kier molecular flexibility index (Phi) is 4.09. The lowest BCUT2D eigenvalue weighted by Crippen LogP contribution is -2.37. The van der Waals surface area contributed by atoms with Crippen molar-refractivity contribution >= 4 is 5.91 Å². The van der Waals surface area contributed by atoms with Gasteiger partial charge in [0.1, 0.15) is 6.10 Å². The summed E-state index contributed by atoms with van der Waals surface area (Å²) < 4.78 is 6.76. The van der Waals surface area contributed by atoms with Gasteiger partial charge in [-0.3, -0.25) is 14.2 Å². The van der Waals surface area contributed by atoms with E-state index in [1.807, 2.05) is 0 Å². The number of aryl methyl sites for hydroxylation is 1. The molecule has 1 atom stereocenters. The van der Waals surface area contributed by atoms with Crippen molar-refractivity contribution in [2.75, 3.05) is 13.2 Å². The maximum absolute atomic E-state index is 11.7. The average Bonchev–Trinajstić information content (AvgIpc) is 2.88. The normalized spacial score (nSPS) is 18.8. The first-order valence-corrected chi connectivity index (χ1v) is 6.09. The van der Waals surface area contributed by atoms with Gasteiger partial charge in [0.05, 0.1) is 6.33 Å². The van der Waals surface area contributed by atoms with Gasteiger partial charge in [-0.05, 0) is 19.8 Å². The molecular weight excluding hydrogens is 234 g/mol. The summed E-state index contributed by atoms with van der Waals surface area (Å²) in [6, 6.07) is 0. The molecule has 1 saturated heterocycles. The number of ether oxygens (including phenoxy) is 1. The largest absolute Gasteiger partial charge is 0.368 e. The summed E-state index contributed by atoms with van der Waals surface area (Å²) in [5.41, 5.74) is 0.527. The molecule has 0 aromatic carbocycles. The molecule has 1 unspecified atom stereocenters. The first-order chi connectivity index (χ1) is 8.68. The van der Waals surface area contributed by atoms with E-state index >= 15 is 0 Å². The monoisotopic (exact) mass is 251 g/mol. The summed E-state index contributed by atoms with van der Waals surface area (Å²) in [7, 11) is 0. The highest BCUT2D eigenvalue weighted by Gasteiger charge is 2.22. The number of rotatable bonds is 4. The summed E-state index contributed by atoms with van der Waals surface area (Å²) in [6.45, 7) is 3.20. The summed E-state index contributed by atoms with van der Waals surface area (Å²) in [6.07, 6.45) is 4.39. The Morgan fingerprint density at radius 1 is 1.67 bits per heavy atom. The lowest BCUT2D eigenvalue weighted by molar-refractivity contribution is -0.130. The third-order valence-corrected chi connectivity index (χ3v) is 2.95. The Morgan fingerprint density at radius 3 is 3.22 bits per heavy atom. The second-order valence-electron chi connectivity index (χ2n) is 4.37. The SMILES string of the molecule is Cc1cncn(CCNC(=O)C2CCCO2)c1=O. The predicted octanol–water partition coefficient (Wildman–Crippen LogP) is -0.153. The van der Waals surface area contributed by atoms with Gasteiger partial charge in [0.2, 0.25) is 5.91 Å². The highest BCUT2D eigenvalue weighted by Crippen LogP contribution is 2.11. The molecule has 1 aromatic rings. The van der Waals surface area contributed by atoms with Gasteiger partial charge in [-0.1, -0.05) is 0 Å². The van der Waals surface area contributed by atoms with Crippen LogP contribution >= 0.6 is 0 Å². The van der Waals surface area contributed by atoms with E-state index < -0.39 is 0 Å². The molecule has 1 amide bonds. The molecule has 0 radical (unpaired) electrons. The van der Waals surface area contributed by atoms with E-state index in [0.29, 0.717) is 25.3 Å². The van der Waals surface area contributed by atoms with Crippen LogP contribution in [0.2, 0.25) is 0 Å². The standard InChI is InChI=1S/C12H17N3O3/c1-9-7-13-8-15(12(9)17)5-4-14-11(16)10-3-2-6-18-10/h7-8,10H,2-6H2,1H3,(H,14,16). The van der Waals surface area contributed by atoms with Crippen molar-refractivity contribution in [3.63, 3.8) is 0 Å². The Balaban J connectivity index is 1.83. The van der Waals surface area contributed by atoms with E-state index in [4.69, 9.17) is 4.74 Å². The number of carbonyl (C=O) groups excluding carboxylic acids is 1. The first-order valence-electron chi connectivity index (χ1n) is 6.09. The summed E-state index contributed by atoms with van der Waals surface area (Å²) in [4.78, 5) is 27.3. The zero-order chi connectivity index (χ0) is 13.0. The molecule has 98 valence electrons. The Hall–Kier alpha value is -1.69. The summed E-state index contributed by atoms with van der Waals surface area (Å²) >= 11 is 0. The van der Waals surface area contributed by atoms with Crippen molar-refractivity contribution in [2.24, 2.45) is 0 Å². The number of hydrogen-bond donors (Lipinski definition) is 1. The molecule has 0 aliphatic carbocycles. The molecule has 2 heterocycles. The second-order valence-corrected chi connectivity index (χ2v) is 4.37. The smallest absolute Gasteiger partial charge is 0.256 e. The van der Waals surface area contributed by atoms with E-state index in [1.54, 1.807) is 6.92 Å². The maximum atomic E-state index is 11.7. The zero-order valence-electron chi connectivity index (χ0n) is 10.4. The molecule has 1 N–H and O–H groups in total. The molecule has 18 heavy (non-hydrogen) atoms. The molecular formula is C12H17N3O3. The van der Waals surface area contributed by atoms with Gasteiger partial charge in [0.25, 0.3) is 5.56 Å². The minimum atomic E-state index is -0.322. The maximum Gasteiger partial charge on any atom is 0.256 e. The Labute approximate surface area is 105 Å². The van der Waals surface area contributed by atoms with Crippen molar-refractivity contribution in [3.8, 4) is 0 Å². The van der Waals surface area contributed by atoms with Crippen molar-refractivity contribution in [1.82, 2.24) is 14.9 Å². The highest BCUT2D eigenvalue weighted by molar-refractivity contribution is 5.80. The van der Waals surface area contributed by atoms with Gasteiger partial charge in [-0.2, -0.15) is 0 Å². The van der Waals surface area contributed by atoms with E-state index in [1.165, 1.54) is 17.1 Å². The molecule has 0 bridgehead atoms. The van der Waals surface area contributed by atoms with E-state index in [2.05, 4.69) is 10.3 Å². The first kappa shape index (κ1) is 12.8. The minimum absolute atomic E-state index is 0.0728. The van der Waals surface area contributed by atoms with Crippen molar-refractivity contribution in [1.29, 1.82) is 0 Å². The summed E-state index contributed by atoms with van der Waals surface area (Å²) in [5, 5.41) is 2.77. The Bertz CT molecular complexity index is 478. The van der Waals surface area contributed by atoms with Gasteiger partial charge >= 0.3 is 0 Å². The molecule has 6 nitrogen and oxygen atoms in total. The van der Waals surface area contributed by atoms with Crippen LogP contribution in [0.25, 0.3) is 0 Å². The number of hydrogen-bond acceptors (Lipinski definition) is 4. The number of amides is 1. The number of carbonyl (C=O) groups is 1. The lowest BCUT2D eigenvalue weighted by Gasteiger charge is -2.11. The van der Waals surface area contributed by atoms with E-state index in [0.717, 1.165) is 12.8 Å². The number of aromatic nitrogens is 2. The van der Waals surface area contributed by atoms with Gasteiger partial charge < -0.3 is 10.1 Å². The molecule has 1 aliphatic rings. The fourth-order valence-corrected chi connectivity index (χ4v) is 1.92. The van der Waals surface area contributed by atoms with E-state index in [9.17, 15) is 9.59 Å². The van der Waals surface area contributed by atoms with Crippen molar-refractivity contribution < 1.29 is 9.53 Å². The Morgan fingerprint density at radius 2 is 2.50 bits per heavy atom. The van der Waals surface area contributed by atoms with Crippen molar-refractivity contribution in [3.05, 3.63) is 28.4 Å². The molecule has 1 fully saturated rings. The third-order valence-electron chi connectivity index (χ3n) is 2.95. The summed E-state index contributed by atoms with van der Waals surface area (Å²) in [5.74, 6) is -0.0961. The van der Waals surface area contributed by atoms with Crippen LogP contribution in [0.15, 0.2) is 17.3 Å². The fraction of sp³-hybridized carbons (Fsp3) is 0.583. The van der Waals surface area contributed by atoms with Crippen LogP contribution in [0, 0.1) is 6.92 Å². The van der Waals surface area contributed by atoms with E-state index in [-0.39, 0.29) is 17.6 Å². The van der Waals surface area contributed by atoms with Crippen LogP contribution in [0.4, 0.5) is 0 Å². The number of nitrogens with one attached hydrogen (secondary N) is 1. The van der Waals surface area contributed by atoms with Gasteiger partial charge in [-0.15, -0.1) is 0 Å². The predicted molar refractivity (Wildman–Crippen MR) is 65.2 cm³/mol. The van der Waals surface area contributed by atoms with Crippen LogP contribution in [0.1, 0.15) is 18.4 Å². The molecule has 6 heteroatoms. The zero-order valence-corrected chi connectivity index (χ0v) is 10.4. The van der Waals surface area contributed by atoms with Crippen LogP contribution < -0.4 is 10.9 Å². The van der Waals surface area contributed by atoms with Crippen molar-refractivity contribution in [2.45, 2.75) is 32.4 Å². The topological polar surface area (TPSA) is 73.2 Å². The molecule has 0 spiro atoms. The number of nitrogens with zero attached hydrogens (tertiary/aromatic N) is 2. The molecule has 1 aliphatic heterocycles. The van der Waals surface area contributed by atoms with Crippen LogP contribution in [0.3, 0.4) is 0 Å². The van der Waals surface area contributed by atoms with Gasteiger partial charge in [0, 0.05) is 31.5 Å². The van der Waals surface area contributed by atoms with Gasteiger partial charge in [0.15, 0.2) is 0 Å². The highest BCUT2D eigenvalue weighted by atomic mass is 16.5. The quantitative estimate of drug-likeness (QED) is 0.807. The second kappa shape index (κ2) is 5.77. The molecule has 2 rings (SSSR count). The minimum Gasteiger partial charge on any atom is -0.368 e. The van der Waals surface area contributed by atoms with Gasteiger partial charge in [-0.25, -0.2) is 4.98 Å². The molecule has 1 aromatic heterocycles. The lowest BCUT2D eigenvalue weighted by atomic mass is 10.2. The van der Waals surface area contributed by atoms with Crippen LogP contribution in [0.5, 0.6) is 0 Å². The average molecular weight is 251 g/mol. The third kappa shape index (κ3) is 2.95. The molecule has 0 saturated carbocycles. The van der Waals surface area contributed by atoms with Crippen LogP contribution in [-0.2, 0) is 16.1 Å². The fourth-order valence-electron chi connectivity index (χ4n) is 1.92.